The van der Waals surface area contributed by atoms with E-state index in [1.165, 1.54) is 0 Å². The van der Waals surface area contributed by atoms with Crippen LogP contribution in [-0.2, 0) is 9.53 Å². The number of carbonyl (C=O) groups is 1. The first-order chi connectivity index (χ1) is 8.39. The second kappa shape index (κ2) is 7.33. The molecule has 0 atom stereocenters. The minimum atomic E-state index is -0.774. The van der Waals surface area contributed by atoms with E-state index in [2.05, 4.69) is 18.7 Å². The molecular weight excluding hydrogens is 252 g/mol. The van der Waals surface area contributed by atoms with Gasteiger partial charge >= 0.3 is 5.97 Å². The van der Waals surface area contributed by atoms with Crippen molar-refractivity contribution < 1.29 is 14.6 Å². The molecule has 0 aromatic heterocycles. The topological polar surface area (TPSA) is 53.0 Å². The Bertz CT molecular complexity index is 268. The normalized spacial score (nSPS) is 18.2. The predicted octanol–water partition coefficient (Wildman–Crippen LogP) is 0.804. The van der Waals surface area contributed by atoms with Gasteiger partial charge in [0.15, 0.2) is 0 Å². The molecule has 0 aromatic carbocycles. The number of aliphatic carboxylic acids is 1. The van der Waals surface area contributed by atoms with E-state index >= 15 is 0 Å². The number of carboxylic acids is 1. The van der Waals surface area contributed by atoms with Gasteiger partial charge in [-0.1, -0.05) is 0 Å². The van der Waals surface area contributed by atoms with Crippen LogP contribution in [0, 0.1) is 0 Å². The Balaban J connectivity index is 2.27. The summed E-state index contributed by atoms with van der Waals surface area (Å²) in [5.41, 5.74) is 0. The number of rotatable bonds is 7. The van der Waals surface area contributed by atoms with Crippen molar-refractivity contribution in [2.75, 3.05) is 52.3 Å². The molecule has 1 rings (SSSR count). The number of morpholine rings is 1. The van der Waals surface area contributed by atoms with Crippen molar-refractivity contribution in [2.45, 2.75) is 18.6 Å². The molecule has 0 amide bonds. The van der Waals surface area contributed by atoms with Crippen molar-refractivity contribution in [2.24, 2.45) is 0 Å². The van der Waals surface area contributed by atoms with Crippen molar-refractivity contribution in [3.63, 3.8) is 0 Å². The Labute approximate surface area is 113 Å². The Morgan fingerprint density at radius 1 is 1.44 bits per heavy atom. The van der Waals surface area contributed by atoms with E-state index < -0.39 is 5.97 Å². The molecule has 1 saturated heterocycles. The lowest BCUT2D eigenvalue weighted by Gasteiger charge is -2.35. The lowest BCUT2D eigenvalue weighted by molar-refractivity contribution is -0.137. The summed E-state index contributed by atoms with van der Waals surface area (Å²) in [5.74, 6) is -0.0343. The largest absolute Gasteiger partial charge is 0.480 e. The van der Waals surface area contributed by atoms with Gasteiger partial charge in [0.25, 0.3) is 0 Å². The van der Waals surface area contributed by atoms with Gasteiger partial charge in [-0.05, 0) is 20.9 Å². The zero-order valence-electron chi connectivity index (χ0n) is 11.5. The Morgan fingerprint density at radius 2 is 2.06 bits per heavy atom. The molecule has 0 unspecified atom stereocenters. The molecule has 1 aliphatic rings. The van der Waals surface area contributed by atoms with E-state index in [9.17, 15) is 4.79 Å². The smallest absolute Gasteiger partial charge is 0.317 e. The van der Waals surface area contributed by atoms with Crippen LogP contribution in [0.25, 0.3) is 0 Å². The summed E-state index contributed by atoms with van der Waals surface area (Å²) in [7, 11) is 1.84. The lowest BCUT2D eigenvalue weighted by atomic mass is 10.2. The molecule has 0 bridgehead atoms. The second-order valence-corrected chi connectivity index (χ2v) is 6.98. The zero-order valence-corrected chi connectivity index (χ0v) is 12.3. The number of ether oxygens (including phenoxy) is 1. The van der Waals surface area contributed by atoms with Crippen LogP contribution in [0.15, 0.2) is 0 Å². The van der Waals surface area contributed by atoms with Gasteiger partial charge in [-0.3, -0.25) is 14.6 Å². The molecule has 0 aliphatic carbocycles. The van der Waals surface area contributed by atoms with Crippen molar-refractivity contribution in [3.05, 3.63) is 0 Å². The molecule has 0 saturated carbocycles. The zero-order chi connectivity index (χ0) is 13.6. The number of hydrogen-bond donors (Lipinski definition) is 1. The summed E-state index contributed by atoms with van der Waals surface area (Å²) in [4.78, 5) is 14.8. The number of hydrogen-bond acceptors (Lipinski definition) is 5. The maximum atomic E-state index is 10.6. The minimum Gasteiger partial charge on any atom is -0.480 e. The molecule has 1 N–H and O–H groups in total. The lowest BCUT2D eigenvalue weighted by Crippen LogP contribution is -2.44. The van der Waals surface area contributed by atoms with Crippen LogP contribution in [0.2, 0.25) is 0 Å². The molecule has 0 spiro atoms. The van der Waals surface area contributed by atoms with Gasteiger partial charge in [-0.25, -0.2) is 0 Å². The number of nitrogens with zero attached hydrogens (tertiary/aromatic N) is 2. The molecule has 1 fully saturated rings. The average Bonchev–Trinajstić information content (AvgIpc) is 2.26. The van der Waals surface area contributed by atoms with Gasteiger partial charge in [0, 0.05) is 30.3 Å². The van der Waals surface area contributed by atoms with Crippen LogP contribution in [0.1, 0.15) is 13.8 Å². The fourth-order valence-corrected chi connectivity index (χ4v) is 2.84. The van der Waals surface area contributed by atoms with E-state index in [0.29, 0.717) is 0 Å². The Kier molecular flexibility index (Phi) is 6.42. The Hall–Kier alpha value is -0.300. The monoisotopic (exact) mass is 276 g/mol. The Morgan fingerprint density at radius 3 is 2.61 bits per heavy atom. The number of thioether (sulfide) groups is 1. The van der Waals surface area contributed by atoms with Gasteiger partial charge in [-0.15, -0.1) is 11.8 Å². The second-order valence-electron chi connectivity index (χ2n) is 5.33. The van der Waals surface area contributed by atoms with Crippen LogP contribution in [0.4, 0.5) is 0 Å². The molecule has 1 heterocycles. The van der Waals surface area contributed by atoms with E-state index in [1.54, 1.807) is 11.8 Å². The summed E-state index contributed by atoms with van der Waals surface area (Å²) >= 11 is 1.80. The number of carboxylic acid groups (broad SMARTS) is 1. The highest BCUT2D eigenvalue weighted by atomic mass is 32.2. The fraction of sp³-hybridized carbons (Fsp3) is 0.917. The SMILES string of the molecule is CN(CSC(C)(C)CN1CCOCC1)CC(=O)O. The van der Waals surface area contributed by atoms with Crippen molar-refractivity contribution in [1.29, 1.82) is 0 Å². The molecule has 5 nitrogen and oxygen atoms in total. The first-order valence-corrected chi connectivity index (χ1v) is 7.22. The summed E-state index contributed by atoms with van der Waals surface area (Å²) in [6, 6.07) is 0. The molecule has 1 aliphatic heterocycles. The van der Waals surface area contributed by atoms with E-state index in [0.717, 1.165) is 38.7 Å². The average molecular weight is 276 g/mol. The maximum Gasteiger partial charge on any atom is 0.317 e. The van der Waals surface area contributed by atoms with E-state index in [-0.39, 0.29) is 11.3 Å². The summed E-state index contributed by atoms with van der Waals surface area (Å²) < 4.78 is 5.46. The fourth-order valence-electron chi connectivity index (χ4n) is 1.90. The quantitative estimate of drug-likeness (QED) is 0.694. The first kappa shape index (κ1) is 15.8. The summed E-state index contributed by atoms with van der Waals surface area (Å²) in [6.07, 6.45) is 0. The van der Waals surface area contributed by atoms with Gasteiger partial charge in [0.05, 0.1) is 19.8 Å². The molecule has 6 heteroatoms. The van der Waals surface area contributed by atoms with Crippen molar-refractivity contribution in [3.8, 4) is 0 Å². The molecule has 106 valence electrons. The molecule has 0 aromatic rings. The van der Waals surface area contributed by atoms with Crippen molar-refractivity contribution in [1.82, 2.24) is 9.80 Å². The maximum absolute atomic E-state index is 10.6. The predicted molar refractivity (Wildman–Crippen MR) is 74.1 cm³/mol. The standard InChI is InChI=1S/C12H24N2O3S/c1-12(2,9-14-4-6-17-7-5-14)18-10-13(3)8-11(15)16/h4-10H2,1-3H3,(H,15,16). The third kappa shape index (κ3) is 6.58. The third-order valence-corrected chi connectivity index (χ3v) is 4.27. The van der Waals surface area contributed by atoms with E-state index in [4.69, 9.17) is 9.84 Å². The van der Waals surface area contributed by atoms with Gasteiger partial charge in [-0.2, -0.15) is 0 Å². The van der Waals surface area contributed by atoms with Crippen molar-refractivity contribution >= 4 is 17.7 Å². The van der Waals surface area contributed by atoms with Crippen LogP contribution in [-0.4, -0.2) is 77.9 Å². The highest BCUT2D eigenvalue weighted by Gasteiger charge is 2.24. The minimum absolute atomic E-state index is 0.0979. The van der Waals surface area contributed by atoms with Crippen LogP contribution in [0.3, 0.4) is 0 Å². The molecule has 18 heavy (non-hydrogen) atoms. The molecule has 0 radical (unpaired) electrons. The third-order valence-electron chi connectivity index (χ3n) is 2.79. The van der Waals surface area contributed by atoms with Gasteiger partial charge in [0.1, 0.15) is 0 Å². The highest BCUT2D eigenvalue weighted by Crippen LogP contribution is 2.26. The van der Waals surface area contributed by atoms with Gasteiger partial charge in [0.2, 0.25) is 0 Å². The first-order valence-electron chi connectivity index (χ1n) is 6.23. The summed E-state index contributed by atoms with van der Waals surface area (Å²) in [5, 5.41) is 8.70. The highest BCUT2D eigenvalue weighted by molar-refractivity contribution is 8.00. The van der Waals surface area contributed by atoms with Crippen LogP contribution in [0.5, 0.6) is 0 Å². The van der Waals surface area contributed by atoms with Crippen LogP contribution < -0.4 is 0 Å². The number of likely N-dealkylation sites (N-methyl/N-ethyl adjacent to an activating group) is 1. The van der Waals surface area contributed by atoms with E-state index in [1.807, 2.05) is 11.9 Å². The summed E-state index contributed by atoms with van der Waals surface area (Å²) in [6.45, 7) is 9.16. The van der Waals surface area contributed by atoms with Crippen LogP contribution >= 0.6 is 11.8 Å². The van der Waals surface area contributed by atoms with Gasteiger partial charge < -0.3 is 9.84 Å². The molecular formula is C12H24N2O3S.